The van der Waals surface area contributed by atoms with Crippen molar-refractivity contribution >= 4 is 23.2 Å². The molecule has 1 spiro atoms. The number of ketones is 2. The number of likely N-dealkylation sites (tertiary alicyclic amines) is 1. The number of phenolic OH excluding ortho intramolecular Hbond substituents is 1. The van der Waals surface area contributed by atoms with E-state index in [1.807, 2.05) is 12.1 Å². The fraction of sp³-hybridized carbons (Fsp3) is 0.382. The van der Waals surface area contributed by atoms with Crippen LogP contribution in [0.15, 0.2) is 66.7 Å². The summed E-state index contributed by atoms with van der Waals surface area (Å²) >= 11 is 0. The van der Waals surface area contributed by atoms with E-state index in [2.05, 4.69) is 10.2 Å². The van der Waals surface area contributed by atoms with Crippen LogP contribution in [-0.4, -0.2) is 63.4 Å². The van der Waals surface area contributed by atoms with Gasteiger partial charge in [-0.3, -0.25) is 19.3 Å². The van der Waals surface area contributed by atoms with Crippen LogP contribution < -0.4 is 10.1 Å². The molecule has 1 unspecified atom stereocenters. The Balaban J connectivity index is 1.14. The summed E-state index contributed by atoms with van der Waals surface area (Å²) in [5.74, 6) is -1.40. The first-order valence-corrected chi connectivity index (χ1v) is 14.8. The number of amides is 1. The molecule has 2 bridgehead atoms. The molecule has 1 saturated heterocycles. The number of carbonyl (C=O) groups excluding carboxylic acids is 3. The molecule has 3 aliphatic carbocycles. The van der Waals surface area contributed by atoms with E-state index in [1.54, 1.807) is 54.6 Å². The van der Waals surface area contributed by atoms with Crippen molar-refractivity contribution in [2.45, 2.75) is 55.3 Å². The third-order valence-electron chi connectivity index (χ3n) is 10.4. The summed E-state index contributed by atoms with van der Waals surface area (Å²) in [5.41, 5.74) is 0.703. The van der Waals surface area contributed by atoms with Crippen molar-refractivity contribution < 1.29 is 29.3 Å². The molecule has 2 aliphatic heterocycles. The molecule has 214 valence electrons. The van der Waals surface area contributed by atoms with Gasteiger partial charge in [-0.15, -0.1) is 0 Å². The number of piperidine rings is 1. The maximum atomic E-state index is 14.1. The lowest BCUT2D eigenvalue weighted by molar-refractivity contribution is -0.197. The largest absolute Gasteiger partial charge is 0.504 e. The lowest BCUT2D eigenvalue weighted by atomic mass is 9.47. The molecule has 8 heteroatoms. The number of aromatic hydroxyl groups is 1. The van der Waals surface area contributed by atoms with E-state index in [0.717, 1.165) is 24.2 Å². The highest BCUT2D eigenvalue weighted by Gasteiger charge is 2.75. The molecule has 0 radical (unpaired) electrons. The molecular weight excluding hydrogens is 532 g/mol. The van der Waals surface area contributed by atoms with Gasteiger partial charge in [0, 0.05) is 35.0 Å². The Hall–Kier alpha value is -4.01. The van der Waals surface area contributed by atoms with Crippen molar-refractivity contribution in [3.8, 4) is 11.5 Å². The van der Waals surface area contributed by atoms with Crippen LogP contribution in [0.5, 0.6) is 11.5 Å². The van der Waals surface area contributed by atoms with Crippen LogP contribution in [0.4, 0.5) is 5.69 Å². The number of anilines is 1. The monoisotopic (exact) mass is 564 g/mol. The van der Waals surface area contributed by atoms with Crippen molar-refractivity contribution in [1.29, 1.82) is 0 Å². The first-order chi connectivity index (χ1) is 20.3. The van der Waals surface area contributed by atoms with Gasteiger partial charge in [0.15, 0.2) is 29.2 Å². The zero-order valence-corrected chi connectivity index (χ0v) is 23.1. The molecule has 3 aromatic carbocycles. The van der Waals surface area contributed by atoms with Gasteiger partial charge in [-0.2, -0.15) is 0 Å². The predicted molar refractivity (Wildman–Crippen MR) is 154 cm³/mol. The van der Waals surface area contributed by atoms with Crippen LogP contribution in [0.2, 0.25) is 0 Å². The summed E-state index contributed by atoms with van der Waals surface area (Å²) in [6, 6.07) is 18.8. The molecule has 3 fully saturated rings. The zero-order chi connectivity index (χ0) is 28.8. The second-order valence-corrected chi connectivity index (χ2v) is 12.7. The number of ether oxygens (including phenoxy) is 1. The SMILES string of the molecule is O=C(c1ccccc1)c1cccc(NC(=O)C2C[C@@]3(O)[C@H]4Cc5ccc(O)c6c5[C@@]3(CCN4CC3CC3)[C@@H](O6)C2=O)c1. The fourth-order valence-corrected chi connectivity index (χ4v) is 8.25. The number of hydrogen-bond acceptors (Lipinski definition) is 7. The highest BCUT2D eigenvalue weighted by Crippen LogP contribution is 2.65. The van der Waals surface area contributed by atoms with E-state index >= 15 is 0 Å². The molecule has 8 rings (SSSR count). The standard InChI is InChI=1S/C34H32N2O6/c37-25-12-11-21-16-26-34(41)17-24(32(40)35-23-8-4-7-22(15-23)28(38)20-5-2-1-3-6-20)29(39)31-33(34,27(21)30(25)42-31)13-14-36(26)18-19-9-10-19/h1-8,11-12,15,19,24,26,31,37,41H,9-10,13-14,16-18H2,(H,35,40)/t24?,26-,31+,33+,34-/m1/s1. The van der Waals surface area contributed by atoms with Gasteiger partial charge in [0.25, 0.3) is 0 Å². The maximum Gasteiger partial charge on any atom is 0.235 e. The number of aliphatic hydroxyl groups is 1. The molecule has 0 aromatic heterocycles. The fourth-order valence-electron chi connectivity index (χ4n) is 8.25. The van der Waals surface area contributed by atoms with Crippen LogP contribution in [0, 0.1) is 11.8 Å². The first kappa shape index (κ1) is 25.7. The Bertz CT molecular complexity index is 1650. The number of carbonyl (C=O) groups is 3. The van der Waals surface area contributed by atoms with Crippen molar-refractivity contribution in [2.75, 3.05) is 18.4 Å². The van der Waals surface area contributed by atoms with Gasteiger partial charge in [0.1, 0.15) is 5.92 Å². The van der Waals surface area contributed by atoms with Crippen molar-refractivity contribution in [3.63, 3.8) is 0 Å². The molecule has 3 aromatic rings. The van der Waals surface area contributed by atoms with E-state index in [-0.39, 0.29) is 35.5 Å². The minimum atomic E-state index is -1.39. The van der Waals surface area contributed by atoms with E-state index in [9.17, 15) is 24.6 Å². The summed E-state index contributed by atoms with van der Waals surface area (Å²) in [4.78, 5) is 43.3. The minimum absolute atomic E-state index is 0.0272. The highest BCUT2D eigenvalue weighted by atomic mass is 16.5. The Morgan fingerprint density at radius 1 is 1.02 bits per heavy atom. The number of benzene rings is 3. The average Bonchev–Trinajstić information content (AvgIpc) is 3.74. The average molecular weight is 565 g/mol. The lowest BCUT2D eigenvalue weighted by Gasteiger charge is -2.63. The quantitative estimate of drug-likeness (QED) is 0.309. The van der Waals surface area contributed by atoms with Gasteiger partial charge in [0.2, 0.25) is 5.91 Å². The summed E-state index contributed by atoms with van der Waals surface area (Å²) in [5, 5.41) is 26.4. The number of phenols is 1. The van der Waals surface area contributed by atoms with E-state index < -0.39 is 28.9 Å². The number of rotatable bonds is 6. The normalized spacial score (nSPS) is 30.8. The molecule has 5 aliphatic rings. The zero-order valence-electron chi connectivity index (χ0n) is 23.1. The van der Waals surface area contributed by atoms with Crippen LogP contribution in [0.3, 0.4) is 0 Å². The number of hydrogen-bond donors (Lipinski definition) is 3. The predicted octanol–water partition coefficient (Wildman–Crippen LogP) is 3.62. The van der Waals surface area contributed by atoms with Gasteiger partial charge in [0.05, 0.1) is 11.0 Å². The second-order valence-electron chi connectivity index (χ2n) is 12.7. The smallest absolute Gasteiger partial charge is 0.235 e. The molecular formula is C34H32N2O6. The summed E-state index contributed by atoms with van der Waals surface area (Å²) in [6.07, 6.45) is 2.36. The van der Waals surface area contributed by atoms with Gasteiger partial charge < -0.3 is 20.3 Å². The lowest BCUT2D eigenvalue weighted by Crippen LogP contribution is -2.78. The molecule has 2 heterocycles. The Morgan fingerprint density at radius 2 is 1.81 bits per heavy atom. The molecule has 1 amide bonds. The summed E-state index contributed by atoms with van der Waals surface area (Å²) in [7, 11) is 0. The summed E-state index contributed by atoms with van der Waals surface area (Å²) in [6.45, 7) is 1.62. The van der Waals surface area contributed by atoms with Gasteiger partial charge in [-0.25, -0.2) is 0 Å². The van der Waals surface area contributed by atoms with E-state index in [0.29, 0.717) is 35.6 Å². The number of nitrogens with one attached hydrogen (secondary N) is 1. The molecule has 8 nitrogen and oxygen atoms in total. The Morgan fingerprint density at radius 3 is 2.60 bits per heavy atom. The molecule has 2 saturated carbocycles. The molecule has 5 atom stereocenters. The van der Waals surface area contributed by atoms with Crippen LogP contribution in [0.25, 0.3) is 0 Å². The third kappa shape index (κ3) is 3.51. The molecule has 42 heavy (non-hydrogen) atoms. The van der Waals surface area contributed by atoms with Crippen LogP contribution in [0.1, 0.15) is 52.7 Å². The van der Waals surface area contributed by atoms with E-state index in [1.165, 1.54) is 12.8 Å². The van der Waals surface area contributed by atoms with E-state index in [4.69, 9.17) is 4.74 Å². The van der Waals surface area contributed by atoms with Gasteiger partial charge >= 0.3 is 0 Å². The van der Waals surface area contributed by atoms with Crippen LogP contribution in [-0.2, 0) is 21.4 Å². The Labute approximate surface area is 243 Å². The minimum Gasteiger partial charge on any atom is -0.504 e. The first-order valence-electron chi connectivity index (χ1n) is 14.8. The summed E-state index contributed by atoms with van der Waals surface area (Å²) < 4.78 is 6.24. The van der Waals surface area contributed by atoms with Crippen molar-refractivity contribution in [3.05, 3.63) is 89.0 Å². The van der Waals surface area contributed by atoms with Gasteiger partial charge in [-0.05, 0) is 68.3 Å². The number of Topliss-reactive ketones (excluding diaryl/α,β-unsaturated/α-hetero) is 1. The molecule has 3 N–H and O–H groups in total. The third-order valence-corrected chi connectivity index (χ3v) is 10.4. The number of nitrogens with zero attached hydrogens (tertiary/aromatic N) is 1. The topological polar surface area (TPSA) is 116 Å². The van der Waals surface area contributed by atoms with Crippen molar-refractivity contribution in [2.24, 2.45) is 11.8 Å². The van der Waals surface area contributed by atoms with Crippen molar-refractivity contribution in [1.82, 2.24) is 4.90 Å². The second kappa shape index (κ2) is 8.99. The van der Waals surface area contributed by atoms with Crippen LogP contribution >= 0.6 is 0 Å². The van der Waals surface area contributed by atoms with Gasteiger partial charge in [-0.1, -0.05) is 48.5 Å². The highest BCUT2D eigenvalue weighted by molar-refractivity contribution is 6.12. The maximum absolute atomic E-state index is 14.1. The Kier molecular flexibility index (Phi) is 5.50.